The van der Waals surface area contributed by atoms with E-state index in [1.807, 2.05) is 43.3 Å². The highest BCUT2D eigenvalue weighted by molar-refractivity contribution is 7.89. The molecular formula is C29H31N3O4S. The van der Waals surface area contributed by atoms with Crippen molar-refractivity contribution in [2.75, 3.05) is 26.2 Å². The predicted octanol–water partition coefficient (Wildman–Crippen LogP) is 3.61. The molecule has 1 atom stereocenters. The topological polar surface area (TPSA) is 78.0 Å². The lowest BCUT2D eigenvalue weighted by molar-refractivity contribution is -0.139. The maximum Gasteiger partial charge on any atom is 0.267 e. The molecule has 3 aromatic rings. The molecule has 2 fully saturated rings. The van der Waals surface area contributed by atoms with Crippen LogP contribution in [0.2, 0.25) is 0 Å². The number of hydrogen-bond acceptors (Lipinski definition) is 5. The summed E-state index contributed by atoms with van der Waals surface area (Å²) in [5.74, 6) is -0.817. The lowest BCUT2D eigenvalue weighted by Gasteiger charge is -2.41. The van der Waals surface area contributed by atoms with E-state index in [0.717, 1.165) is 9.87 Å². The Morgan fingerprint density at radius 1 is 0.811 bits per heavy atom. The van der Waals surface area contributed by atoms with Gasteiger partial charge in [0, 0.05) is 32.6 Å². The van der Waals surface area contributed by atoms with E-state index in [2.05, 4.69) is 29.2 Å². The van der Waals surface area contributed by atoms with Crippen LogP contribution >= 0.6 is 0 Å². The molecule has 0 bridgehead atoms. The molecule has 7 nitrogen and oxygen atoms in total. The van der Waals surface area contributed by atoms with Crippen LogP contribution in [0.5, 0.6) is 0 Å². The molecule has 5 rings (SSSR count). The first-order valence-electron chi connectivity index (χ1n) is 12.6. The first-order chi connectivity index (χ1) is 17.9. The van der Waals surface area contributed by atoms with Gasteiger partial charge in [-0.05, 0) is 36.6 Å². The lowest BCUT2D eigenvalue weighted by Crippen LogP contribution is -2.55. The Hall–Kier alpha value is -3.49. The minimum Gasteiger partial charge on any atom is -0.338 e. The van der Waals surface area contributed by atoms with Gasteiger partial charge < -0.3 is 4.90 Å². The molecule has 37 heavy (non-hydrogen) atoms. The van der Waals surface area contributed by atoms with Crippen LogP contribution in [-0.2, 0) is 19.6 Å². The number of sulfonamides is 1. The first-order valence-corrected chi connectivity index (χ1v) is 14.1. The SMILES string of the molecule is Cc1ccc(S(=O)(=O)N2C(=O)CC[C@H]2C(=O)N2CCN(C(c3ccccc3)c3ccccc3)CC2)cc1. The number of piperazine rings is 1. The van der Waals surface area contributed by atoms with Crippen molar-refractivity contribution in [3.8, 4) is 0 Å². The summed E-state index contributed by atoms with van der Waals surface area (Å²) in [5, 5.41) is 0. The molecule has 0 saturated carbocycles. The number of amides is 2. The standard InChI is InChI=1S/C29H31N3O4S/c1-22-12-14-25(15-13-22)37(35,36)32-26(16-17-27(32)33)29(34)31-20-18-30(19-21-31)28(23-8-4-2-5-9-23)24-10-6-3-7-11-24/h2-15,26,28H,16-21H2,1H3/t26-/m0/s1. The third kappa shape index (κ3) is 5.04. The monoisotopic (exact) mass is 517 g/mol. The van der Waals surface area contributed by atoms with Crippen LogP contribution in [0.25, 0.3) is 0 Å². The zero-order valence-corrected chi connectivity index (χ0v) is 21.7. The van der Waals surface area contributed by atoms with E-state index in [1.54, 1.807) is 17.0 Å². The molecule has 2 aliphatic heterocycles. The smallest absolute Gasteiger partial charge is 0.267 e. The summed E-state index contributed by atoms with van der Waals surface area (Å²) in [6.07, 6.45) is 0.255. The van der Waals surface area contributed by atoms with Gasteiger partial charge in [0.25, 0.3) is 10.0 Å². The van der Waals surface area contributed by atoms with Crippen molar-refractivity contribution in [3.05, 3.63) is 102 Å². The summed E-state index contributed by atoms with van der Waals surface area (Å²) in [4.78, 5) is 30.3. The van der Waals surface area contributed by atoms with Crippen molar-refractivity contribution in [2.24, 2.45) is 0 Å². The summed E-state index contributed by atoms with van der Waals surface area (Å²) < 4.78 is 27.5. The molecule has 0 spiro atoms. The van der Waals surface area contributed by atoms with E-state index >= 15 is 0 Å². The van der Waals surface area contributed by atoms with E-state index < -0.39 is 22.0 Å². The highest BCUT2D eigenvalue weighted by Gasteiger charge is 2.46. The number of carbonyl (C=O) groups excluding carboxylic acids is 2. The van der Waals surface area contributed by atoms with Gasteiger partial charge in [-0.15, -0.1) is 0 Å². The van der Waals surface area contributed by atoms with Crippen molar-refractivity contribution >= 4 is 21.8 Å². The quantitative estimate of drug-likeness (QED) is 0.499. The van der Waals surface area contributed by atoms with E-state index in [0.29, 0.717) is 26.2 Å². The van der Waals surface area contributed by atoms with Gasteiger partial charge in [0.05, 0.1) is 10.9 Å². The van der Waals surface area contributed by atoms with Gasteiger partial charge in [0.2, 0.25) is 11.8 Å². The zero-order chi connectivity index (χ0) is 26.0. The normalized spacial score (nSPS) is 19.0. The molecule has 0 aromatic heterocycles. The number of benzene rings is 3. The summed E-state index contributed by atoms with van der Waals surface area (Å²) >= 11 is 0. The van der Waals surface area contributed by atoms with Crippen molar-refractivity contribution < 1.29 is 18.0 Å². The van der Waals surface area contributed by atoms with Crippen molar-refractivity contribution in [2.45, 2.75) is 36.7 Å². The Labute approximate surface area is 218 Å². The lowest BCUT2D eigenvalue weighted by atomic mass is 9.96. The van der Waals surface area contributed by atoms with Crippen LogP contribution in [0.1, 0.15) is 35.6 Å². The van der Waals surface area contributed by atoms with Crippen molar-refractivity contribution in [1.29, 1.82) is 0 Å². The molecule has 3 aromatic carbocycles. The Kier molecular flexibility index (Phi) is 7.13. The fraction of sp³-hybridized carbons (Fsp3) is 0.310. The second kappa shape index (κ2) is 10.5. The molecule has 2 heterocycles. The Morgan fingerprint density at radius 2 is 1.35 bits per heavy atom. The minimum atomic E-state index is -4.11. The van der Waals surface area contributed by atoms with Crippen LogP contribution in [0.15, 0.2) is 89.8 Å². The third-order valence-corrected chi connectivity index (χ3v) is 9.09. The van der Waals surface area contributed by atoms with Crippen LogP contribution in [0, 0.1) is 6.92 Å². The number of rotatable bonds is 6. The van der Waals surface area contributed by atoms with E-state index in [-0.39, 0.29) is 29.7 Å². The van der Waals surface area contributed by atoms with E-state index in [4.69, 9.17) is 0 Å². The Balaban J connectivity index is 1.33. The Morgan fingerprint density at radius 3 is 1.89 bits per heavy atom. The van der Waals surface area contributed by atoms with E-state index in [9.17, 15) is 18.0 Å². The number of hydrogen-bond donors (Lipinski definition) is 0. The average molecular weight is 518 g/mol. The van der Waals surface area contributed by atoms with Gasteiger partial charge in [0.1, 0.15) is 6.04 Å². The van der Waals surface area contributed by atoms with Gasteiger partial charge in [-0.25, -0.2) is 12.7 Å². The van der Waals surface area contributed by atoms with Gasteiger partial charge in [0.15, 0.2) is 0 Å². The fourth-order valence-corrected chi connectivity index (χ4v) is 6.90. The maximum atomic E-state index is 13.6. The molecule has 0 unspecified atom stereocenters. The fourth-order valence-electron chi connectivity index (χ4n) is 5.31. The molecule has 8 heteroatoms. The number of aryl methyl sites for hydroxylation is 1. The number of carbonyl (C=O) groups is 2. The molecular weight excluding hydrogens is 486 g/mol. The molecule has 192 valence electrons. The van der Waals surface area contributed by atoms with Gasteiger partial charge in [-0.1, -0.05) is 78.4 Å². The largest absolute Gasteiger partial charge is 0.338 e. The molecule has 0 aliphatic carbocycles. The van der Waals surface area contributed by atoms with Crippen LogP contribution < -0.4 is 0 Å². The highest BCUT2D eigenvalue weighted by Crippen LogP contribution is 2.32. The maximum absolute atomic E-state index is 13.6. The van der Waals surface area contributed by atoms with Gasteiger partial charge >= 0.3 is 0 Å². The summed E-state index contributed by atoms with van der Waals surface area (Å²) in [6.45, 7) is 4.09. The van der Waals surface area contributed by atoms with Crippen molar-refractivity contribution in [1.82, 2.24) is 14.1 Å². The number of nitrogens with zero attached hydrogens (tertiary/aromatic N) is 3. The third-order valence-electron chi connectivity index (χ3n) is 7.25. The molecule has 2 saturated heterocycles. The van der Waals surface area contributed by atoms with Crippen molar-refractivity contribution in [3.63, 3.8) is 0 Å². The molecule has 2 amide bonds. The summed E-state index contributed by atoms with van der Waals surface area (Å²) in [6, 6.07) is 26.0. The van der Waals surface area contributed by atoms with Crippen LogP contribution in [0.3, 0.4) is 0 Å². The Bertz CT molecular complexity index is 1310. The molecule has 0 N–H and O–H groups in total. The van der Waals surface area contributed by atoms with Crippen LogP contribution in [0.4, 0.5) is 0 Å². The van der Waals surface area contributed by atoms with Gasteiger partial charge in [-0.3, -0.25) is 14.5 Å². The van der Waals surface area contributed by atoms with E-state index in [1.165, 1.54) is 23.3 Å². The highest BCUT2D eigenvalue weighted by atomic mass is 32.2. The summed E-state index contributed by atoms with van der Waals surface area (Å²) in [7, 11) is -4.11. The first kappa shape index (κ1) is 25.2. The van der Waals surface area contributed by atoms with Crippen LogP contribution in [-0.4, -0.2) is 66.6 Å². The second-order valence-electron chi connectivity index (χ2n) is 9.65. The zero-order valence-electron chi connectivity index (χ0n) is 20.9. The minimum absolute atomic E-state index is 0.0320. The molecule has 2 aliphatic rings. The molecule has 0 radical (unpaired) electrons. The summed E-state index contributed by atoms with van der Waals surface area (Å²) in [5.41, 5.74) is 3.29. The predicted molar refractivity (Wildman–Crippen MR) is 141 cm³/mol. The van der Waals surface area contributed by atoms with Gasteiger partial charge in [-0.2, -0.15) is 0 Å². The second-order valence-corrected chi connectivity index (χ2v) is 11.5. The average Bonchev–Trinajstić information content (AvgIpc) is 3.32.